The molecule has 78 valence electrons. The molecule has 1 saturated carbocycles. The van der Waals surface area contributed by atoms with Crippen molar-refractivity contribution in [1.82, 2.24) is 9.97 Å². The SMILES string of the molecule is CNc1nc(C2CCC2)nc2sccc12. The molecule has 1 aliphatic carbocycles. The van der Waals surface area contributed by atoms with E-state index in [1.807, 2.05) is 7.05 Å². The van der Waals surface area contributed by atoms with Crippen LogP contribution in [0.4, 0.5) is 5.82 Å². The topological polar surface area (TPSA) is 37.8 Å². The molecule has 3 rings (SSSR count). The maximum atomic E-state index is 4.63. The standard InChI is InChI=1S/C11H13N3S/c1-12-10-8-5-6-15-11(8)14-9(13-10)7-3-2-4-7/h5-7H,2-4H2,1H3,(H,12,13,14). The summed E-state index contributed by atoms with van der Waals surface area (Å²) >= 11 is 1.69. The van der Waals surface area contributed by atoms with Crippen LogP contribution in [0.5, 0.6) is 0 Å². The second kappa shape index (κ2) is 3.45. The van der Waals surface area contributed by atoms with Crippen LogP contribution in [0.2, 0.25) is 0 Å². The van der Waals surface area contributed by atoms with Crippen LogP contribution in [0.25, 0.3) is 10.2 Å². The first-order valence-electron chi connectivity index (χ1n) is 5.31. The fourth-order valence-electron chi connectivity index (χ4n) is 1.91. The van der Waals surface area contributed by atoms with Crippen LogP contribution >= 0.6 is 11.3 Å². The van der Waals surface area contributed by atoms with Gasteiger partial charge in [-0.25, -0.2) is 9.97 Å². The highest BCUT2D eigenvalue weighted by atomic mass is 32.1. The molecule has 4 heteroatoms. The summed E-state index contributed by atoms with van der Waals surface area (Å²) in [4.78, 5) is 10.3. The van der Waals surface area contributed by atoms with Crippen molar-refractivity contribution < 1.29 is 0 Å². The zero-order chi connectivity index (χ0) is 10.3. The highest BCUT2D eigenvalue weighted by Crippen LogP contribution is 2.36. The van der Waals surface area contributed by atoms with Gasteiger partial charge in [-0.3, -0.25) is 0 Å². The van der Waals surface area contributed by atoms with Crippen molar-refractivity contribution in [2.45, 2.75) is 25.2 Å². The van der Waals surface area contributed by atoms with Gasteiger partial charge < -0.3 is 5.32 Å². The molecule has 0 amide bonds. The van der Waals surface area contributed by atoms with E-state index in [-0.39, 0.29) is 0 Å². The fraction of sp³-hybridized carbons (Fsp3) is 0.455. The van der Waals surface area contributed by atoms with E-state index in [0.717, 1.165) is 21.9 Å². The molecule has 0 bridgehead atoms. The van der Waals surface area contributed by atoms with E-state index >= 15 is 0 Å². The van der Waals surface area contributed by atoms with Crippen LogP contribution in [0.1, 0.15) is 31.0 Å². The molecule has 1 N–H and O–H groups in total. The van der Waals surface area contributed by atoms with E-state index in [9.17, 15) is 0 Å². The van der Waals surface area contributed by atoms with Crippen molar-refractivity contribution in [3.05, 3.63) is 17.3 Å². The van der Waals surface area contributed by atoms with Crippen LogP contribution in [0.3, 0.4) is 0 Å². The van der Waals surface area contributed by atoms with E-state index in [0.29, 0.717) is 5.92 Å². The van der Waals surface area contributed by atoms with Crippen molar-refractivity contribution in [1.29, 1.82) is 0 Å². The molecule has 1 fully saturated rings. The number of fused-ring (bicyclic) bond motifs is 1. The first-order chi connectivity index (χ1) is 7.38. The maximum absolute atomic E-state index is 4.63. The average molecular weight is 219 g/mol. The lowest BCUT2D eigenvalue weighted by Crippen LogP contribution is -2.13. The van der Waals surface area contributed by atoms with Gasteiger partial charge in [-0.1, -0.05) is 6.42 Å². The Morgan fingerprint density at radius 2 is 2.27 bits per heavy atom. The maximum Gasteiger partial charge on any atom is 0.138 e. The fourth-order valence-corrected chi connectivity index (χ4v) is 2.68. The lowest BCUT2D eigenvalue weighted by molar-refractivity contribution is 0.403. The quantitative estimate of drug-likeness (QED) is 0.843. The van der Waals surface area contributed by atoms with Crippen LogP contribution < -0.4 is 5.32 Å². The molecular weight excluding hydrogens is 206 g/mol. The highest BCUT2D eigenvalue weighted by molar-refractivity contribution is 7.16. The summed E-state index contributed by atoms with van der Waals surface area (Å²) in [6, 6.07) is 2.08. The van der Waals surface area contributed by atoms with Gasteiger partial charge in [0.05, 0.1) is 5.39 Å². The largest absolute Gasteiger partial charge is 0.372 e. The third-order valence-electron chi connectivity index (χ3n) is 3.05. The number of nitrogens with one attached hydrogen (secondary N) is 1. The van der Waals surface area contributed by atoms with E-state index < -0.39 is 0 Å². The third kappa shape index (κ3) is 1.40. The van der Waals surface area contributed by atoms with E-state index in [2.05, 4.69) is 26.7 Å². The molecule has 0 atom stereocenters. The second-order valence-electron chi connectivity index (χ2n) is 3.95. The van der Waals surface area contributed by atoms with Gasteiger partial charge in [0.15, 0.2) is 0 Å². The Kier molecular flexibility index (Phi) is 2.09. The van der Waals surface area contributed by atoms with Crippen LogP contribution in [-0.2, 0) is 0 Å². The molecule has 0 aromatic carbocycles. The number of rotatable bonds is 2. The Hall–Kier alpha value is -1.16. The normalized spacial score (nSPS) is 16.6. The predicted molar refractivity (Wildman–Crippen MR) is 63.6 cm³/mol. The van der Waals surface area contributed by atoms with Crippen molar-refractivity contribution in [3.8, 4) is 0 Å². The number of thiophene rings is 1. The third-order valence-corrected chi connectivity index (χ3v) is 3.86. The van der Waals surface area contributed by atoms with Crippen molar-refractivity contribution >= 4 is 27.4 Å². The monoisotopic (exact) mass is 219 g/mol. The Morgan fingerprint density at radius 3 is 2.93 bits per heavy atom. The van der Waals surface area contributed by atoms with Crippen molar-refractivity contribution in [2.24, 2.45) is 0 Å². The first kappa shape index (κ1) is 9.09. The lowest BCUT2D eigenvalue weighted by Gasteiger charge is -2.24. The Morgan fingerprint density at radius 1 is 1.40 bits per heavy atom. The number of hydrogen-bond acceptors (Lipinski definition) is 4. The smallest absolute Gasteiger partial charge is 0.138 e. The van der Waals surface area contributed by atoms with Crippen LogP contribution in [0, 0.1) is 0 Å². The van der Waals surface area contributed by atoms with Gasteiger partial charge in [-0.05, 0) is 24.3 Å². The second-order valence-corrected chi connectivity index (χ2v) is 4.84. The average Bonchev–Trinajstić information content (AvgIpc) is 2.61. The van der Waals surface area contributed by atoms with E-state index in [1.165, 1.54) is 19.3 Å². The molecule has 2 aromatic rings. The molecule has 0 aliphatic heterocycles. The predicted octanol–water partition coefficient (Wildman–Crippen LogP) is 3.00. The summed E-state index contributed by atoms with van der Waals surface area (Å²) in [5.74, 6) is 2.60. The molecule has 0 unspecified atom stereocenters. The van der Waals surface area contributed by atoms with Gasteiger partial charge >= 0.3 is 0 Å². The zero-order valence-electron chi connectivity index (χ0n) is 8.66. The van der Waals surface area contributed by atoms with E-state index in [1.54, 1.807) is 11.3 Å². The molecule has 2 aromatic heterocycles. The minimum Gasteiger partial charge on any atom is -0.372 e. The van der Waals surface area contributed by atoms with Gasteiger partial charge in [-0.15, -0.1) is 11.3 Å². The van der Waals surface area contributed by atoms with Gasteiger partial charge in [0.1, 0.15) is 16.5 Å². The van der Waals surface area contributed by atoms with Gasteiger partial charge in [-0.2, -0.15) is 0 Å². The summed E-state index contributed by atoms with van der Waals surface area (Å²) in [5.41, 5.74) is 0. The van der Waals surface area contributed by atoms with Gasteiger partial charge in [0, 0.05) is 13.0 Å². The number of nitrogens with zero attached hydrogens (tertiary/aromatic N) is 2. The number of hydrogen-bond donors (Lipinski definition) is 1. The summed E-state index contributed by atoms with van der Waals surface area (Å²) in [6.07, 6.45) is 3.82. The number of aromatic nitrogens is 2. The molecule has 3 nitrogen and oxygen atoms in total. The Labute approximate surface area is 92.6 Å². The minimum atomic E-state index is 0.601. The highest BCUT2D eigenvalue weighted by Gasteiger charge is 2.23. The first-order valence-corrected chi connectivity index (χ1v) is 6.19. The molecule has 1 aliphatic rings. The molecule has 0 spiro atoms. The van der Waals surface area contributed by atoms with Crippen LogP contribution in [-0.4, -0.2) is 17.0 Å². The lowest BCUT2D eigenvalue weighted by atomic mass is 9.85. The molecule has 0 radical (unpaired) electrons. The summed E-state index contributed by atoms with van der Waals surface area (Å²) in [7, 11) is 1.92. The summed E-state index contributed by atoms with van der Waals surface area (Å²) in [5, 5.41) is 6.37. The molecular formula is C11H13N3S. The minimum absolute atomic E-state index is 0.601. The van der Waals surface area contributed by atoms with Gasteiger partial charge in [0.2, 0.25) is 0 Å². The molecule has 0 saturated heterocycles. The molecule has 15 heavy (non-hydrogen) atoms. The summed E-state index contributed by atoms with van der Waals surface area (Å²) < 4.78 is 0. The van der Waals surface area contributed by atoms with Crippen LogP contribution in [0.15, 0.2) is 11.4 Å². The Bertz CT molecular complexity index is 488. The van der Waals surface area contributed by atoms with Gasteiger partial charge in [0.25, 0.3) is 0 Å². The zero-order valence-corrected chi connectivity index (χ0v) is 9.47. The van der Waals surface area contributed by atoms with E-state index in [4.69, 9.17) is 0 Å². The van der Waals surface area contributed by atoms with Crippen molar-refractivity contribution in [3.63, 3.8) is 0 Å². The van der Waals surface area contributed by atoms with Crippen molar-refractivity contribution in [2.75, 3.05) is 12.4 Å². The summed E-state index contributed by atoms with van der Waals surface area (Å²) in [6.45, 7) is 0. The number of anilines is 1. The Balaban J connectivity index is 2.14. The molecule has 2 heterocycles.